The number of unbranched alkanes of at least 4 members (excludes halogenated alkanes) is 2. The molecule has 0 aliphatic heterocycles. The van der Waals surface area contributed by atoms with Crippen molar-refractivity contribution >= 4 is 23.4 Å². The van der Waals surface area contributed by atoms with E-state index in [0.717, 1.165) is 11.3 Å². The molecule has 0 saturated carbocycles. The number of carbonyl (C=O) groups excluding carboxylic acids is 3. The fraction of sp³-hybridized carbons (Fsp3) is 0.462. The Morgan fingerprint density at radius 1 is 0.947 bits per heavy atom. The average Bonchev–Trinajstić information content (AvgIpc) is 2.86. The van der Waals surface area contributed by atoms with Gasteiger partial charge in [0.15, 0.2) is 5.78 Å². The highest BCUT2D eigenvalue weighted by Crippen LogP contribution is 2.22. The van der Waals surface area contributed by atoms with E-state index in [1.807, 2.05) is 25.1 Å². The number of rotatable bonds is 14. The summed E-state index contributed by atoms with van der Waals surface area (Å²) in [5.74, 6) is -3.19. The topological polar surface area (TPSA) is 116 Å². The number of hydrogen-bond donors (Lipinski definition) is 2. The molecule has 0 radical (unpaired) electrons. The van der Waals surface area contributed by atoms with Gasteiger partial charge in [0.05, 0.1) is 12.0 Å². The summed E-state index contributed by atoms with van der Waals surface area (Å²) < 4.78 is 41.8. The van der Waals surface area contributed by atoms with Crippen LogP contribution in [0.5, 0.6) is 5.75 Å². The minimum absolute atomic E-state index is 0.115. The molecule has 0 bridgehead atoms. The van der Waals surface area contributed by atoms with Crippen molar-refractivity contribution in [3.63, 3.8) is 0 Å². The molecule has 2 aromatic rings. The predicted octanol–water partition coefficient (Wildman–Crippen LogP) is 4.56. The summed E-state index contributed by atoms with van der Waals surface area (Å²) in [4.78, 5) is 46.3. The maximum absolute atomic E-state index is 13.2. The number of carbonyl (C=O) groups is 3. The molecule has 0 amide bonds. The average molecular weight is 540 g/mol. The predicted molar refractivity (Wildman–Crippen MR) is 133 cm³/mol. The van der Waals surface area contributed by atoms with Crippen molar-refractivity contribution < 1.29 is 42.1 Å². The number of pyridine rings is 1. The highest BCUT2D eigenvalue weighted by molar-refractivity contribution is 6.03. The van der Waals surface area contributed by atoms with Gasteiger partial charge in [0.2, 0.25) is 0 Å². The number of Topliss-reactive ketones (excluding diaryl/α,β-unsaturated/α-hetero) is 1. The van der Waals surface area contributed by atoms with Gasteiger partial charge in [-0.2, -0.15) is 13.2 Å². The third-order valence-corrected chi connectivity index (χ3v) is 5.33. The molecule has 0 atom stereocenters. The van der Waals surface area contributed by atoms with Gasteiger partial charge in [0.25, 0.3) is 0 Å². The van der Waals surface area contributed by atoms with Crippen molar-refractivity contribution in [3.05, 3.63) is 53.9 Å². The van der Waals surface area contributed by atoms with E-state index in [1.165, 1.54) is 0 Å². The molecule has 38 heavy (non-hydrogen) atoms. The third kappa shape index (κ3) is 10.8. The Bertz CT molecular complexity index is 1080. The van der Waals surface area contributed by atoms with Gasteiger partial charge < -0.3 is 15.4 Å². The molecule has 2 N–H and O–H groups in total. The molecule has 1 heterocycles. The zero-order chi connectivity index (χ0) is 28.2. The Labute approximate surface area is 219 Å². The second-order valence-corrected chi connectivity index (χ2v) is 9.06. The minimum Gasteiger partial charge on any atom is -0.492 e. The molecule has 9 nitrogen and oxygen atoms in total. The Hall–Kier alpha value is -3.67. The van der Waals surface area contributed by atoms with Crippen molar-refractivity contribution in [3.8, 4) is 5.75 Å². The summed E-state index contributed by atoms with van der Waals surface area (Å²) in [6.07, 6.45) is -0.612. The highest BCUT2D eigenvalue weighted by Gasteiger charge is 2.43. The zero-order valence-electron chi connectivity index (χ0n) is 21.5. The molecule has 1 aromatic heterocycles. The van der Waals surface area contributed by atoms with Gasteiger partial charge >= 0.3 is 18.1 Å². The number of nitrogens with one attached hydrogen (secondary N) is 2. The maximum Gasteiger partial charge on any atom is 0.495 e. The Balaban J connectivity index is 1.73. The van der Waals surface area contributed by atoms with E-state index < -0.39 is 23.7 Å². The normalized spacial score (nSPS) is 11.5. The molecule has 12 heteroatoms. The number of hydrogen-bond acceptors (Lipinski definition) is 9. The van der Waals surface area contributed by atoms with Crippen LogP contribution in [0, 0.1) is 6.92 Å². The summed E-state index contributed by atoms with van der Waals surface area (Å²) in [7, 11) is 0. The van der Waals surface area contributed by atoms with Crippen LogP contribution in [0.3, 0.4) is 0 Å². The van der Waals surface area contributed by atoms with Crippen LogP contribution >= 0.6 is 0 Å². The molecule has 1 aromatic carbocycles. The van der Waals surface area contributed by atoms with Crippen LogP contribution in [0.25, 0.3) is 0 Å². The molecule has 0 saturated heterocycles. The van der Waals surface area contributed by atoms with Gasteiger partial charge in [-0.05, 0) is 76.1 Å². The van der Waals surface area contributed by atoms with Gasteiger partial charge in [-0.1, -0.05) is 6.42 Å². The van der Waals surface area contributed by atoms with Crippen LogP contribution in [0.15, 0.2) is 42.7 Å². The fourth-order valence-corrected chi connectivity index (χ4v) is 3.38. The quantitative estimate of drug-likeness (QED) is 0.154. The fourth-order valence-electron chi connectivity index (χ4n) is 3.38. The van der Waals surface area contributed by atoms with Crippen LogP contribution in [-0.2, 0) is 19.4 Å². The van der Waals surface area contributed by atoms with Gasteiger partial charge in [-0.25, -0.2) is 19.4 Å². The van der Waals surface area contributed by atoms with Crippen LogP contribution in [0.1, 0.15) is 55.5 Å². The number of halogens is 3. The Morgan fingerprint density at radius 3 is 2.34 bits per heavy atom. The van der Waals surface area contributed by atoms with Crippen molar-refractivity contribution in [2.24, 2.45) is 0 Å². The van der Waals surface area contributed by atoms with Gasteiger partial charge in [0.1, 0.15) is 12.4 Å². The van der Waals surface area contributed by atoms with Crippen molar-refractivity contribution in [1.82, 2.24) is 10.3 Å². The number of aryl methyl sites for hydroxylation is 1. The summed E-state index contributed by atoms with van der Waals surface area (Å²) in [6, 6.07) is 9.08. The lowest BCUT2D eigenvalue weighted by Gasteiger charge is -2.25. The van der Waals surface area contributed by atoms with Crippen LogP contribution in [0.2, 0.25) is 0 Å². The largest absolute Gasteiger partial charge is 0.495 e. The number of ketones is 1. The van der Waals surface area contributed by atoms with Crippen molar-refractivity contribution in [2.75, 3.05) is 25.0 Å². The first-order valence-corrected chi connectivity index (χ1v) is 12.1. The number of benzene rings is 1. The molecule has 208 valence electrons. The van der Waals surface area contributed by atoms with Crippen LogP contribution in [0.4, 0.5) is 18.9 Å². The van der Waals surface area contributed by atoms with Gasteiger partial charge in [-0.3, -0.25) is 9.78 Å². The lowest BCUT2D eigenvalue weighted by molar-refractivity contribution is -0.285. The van der Waals surface area contributed by atoms with Gasteiger partial charge in [-0.15, -0.1) is 0 Å². The van der Waals surface area contributed by atoms with E-state index in [9.17, 15) is 27.6 Å². The van der Waals surface area contributed by atoms with E-state index >= 15 is 0 Å². The minimum atomic E-state index is -5.23. The first-order chi connectivity index (χ1) is 17.9. The Kier molecular flexibility index (Phi) is 11.5. The van der Waals surface area contributed by atoms with E-state index in [0.29, 0.717) is 50.3 Å². The van der Waals surface area contributed by atoms with E-state index in [4.69, 9.17) is 4.74 Å². The first kappa shape index (κ1) is 30.6. The lowest BCUT2D eigenvalue weighted by Crippen LogP contribution is -2.47. The molecule has 2 rings (SSSR count). The maximum atomic E-state index is 13.2. The zero-order valence-corrected chi connectivity index (χ0v) is 21.5. The summed E-state index contributed by atoms with van der Waals surface area (Å²) >= 11 is 0. The molecular formula is C26H32F3N3O6. The number of alkyl halides is 3. The van der Waals surface area contributed by atoms with Gasteiger partial charge in [0, 0.05) is 30.2 Å². The summed E-state index contributed by atoms with van der Waals surface area (Å²) in [5.41, 5.74) is 1.45. The number of ether oxygens (including phenoxy) is 1. The summed E-state index contributed by atoms with van der Waals surface area (Å²) in [5, 5.41) is 6.42. The van der Waals surface area contributed by atoms with Crippen molar-refractivity contribution in [2.45, 2.75) is 58.2 Å². The number of aromatic nitrogens is 1. The van der Waals surface area contributed by atoms with Crippen LogP contribution < -0.4 is 15.4 Å². The second-order valence-electron chi connectivity index (χ2n) is 9.06. The number of nitrogens with zero attached hydrogens (tertiary/aromatic N) is 1. The SMILES string of the molecule is Cc1cc(OCCNc2ccncc2)cc(C(=O)C(C)(C)NCCCCCC(=O)OOC(=O)C(F)(F)F)c1. The summed E-state index contributed by atoms with van der Waals surface area (Å²) in [6.45, 7) is 6.86. The van der Waals surface area contributed by atoms with E-state index in [2.05, 4.69) is 25.4 Å². The molecule has 0 aliphatic rings. The monoisotopic (exact) mass is 539 g/mol. The lowest BCUT2D eigenvalue weighted by atomic mass is 9.92. The first-order valence-electron chi connectivity index (χ1n) is 12.1. The molecule has 0 unspecified atom stereocenters. The number of anilines is 1. The Morgan fingerprint density at radius 2 is 1.66 bits per heavy atom. The third-order valence-electron chi connectivity index (χ3n) is 5.33. The molecule has 0 fully saturated rings. The molecule has 0 aliphatic carbocycles. The second kappa shape index (κ2) is 14.3. The van der Waals surface area contributed by atoms with E-state index in [-0.39, 0.29) is 12.2 Å². The smallest absolute Gasteiger partial charge is 0.492 e. The molecule has 0 spiro atoms. The van der Waals surface area contributed by atoms with E-state index in [1.54, 1.807) is 38.4 Å². The van der Waals surface area contributed by atoms with Crippen molar-refractivity contribution in [1.29, 1.82) is 0 Å². The van der Waals surface area contributed by atoms with Crippen LogP contribution in [-0.4, -0.2) is 54.1 Å². The standard InChI is InChI=1S/C26H32F3N3O6/c1-18-15-19(17-21(16-18)36-14-13-31-20-8-11-30-12-9-20)23(34)25(2,3)32-10-6-4-5-7-22(33)37-38-24(35)26(27,28)29/h8-9,11-12,15-17,32H,4-7,10,13-14H2,1-3H3,(H,30,31). The molecular weight excluding hydrogens is 507 g/mol. The highest BCUT2D eigenvalue weighted by atomic mass is 19.4.